The van der Waals surface area contributed by atoms with E-state index in [4.69, 9.17) is 11.6 Å². The van der Waals surface area contributed by atoms with Crippen molar-refractivity contribution in [3.05, 3.63) is 70.7 Å². The van der Waals surface area contributed by atoms with Gasteiger partial charge in [-0.3, -0.25) is 9.59 Å². The maximum Gasteiger partial charge on any atom is 0.230 e. The molecule has 1 saturated heterocycles. The van der Waals surface area contributed by atoms with Gasteiger partial charge in [-0.05, 0) is 55.4 Å². The van der Waals surface area contributed by atoms with Gasteiger partial charge in [0.2, 0.25) is 11.8 Å². The molecule has 1 atom stereocenters. The lowest BCUT2D eigenvalue weighted by Crippen LogP contribution is -2.51. The first-order valence-corrected chi connectivity index (χ1v) is 12.3. The molecule has 4 rings (SSSR count). The second-order valence-corrected chi connectivity index (χ2v) is 9.68. The van der Waals surface area contributed by atoms with Gasteiger partial charge in [0.05, 0.1) is 11.3 Å². The van der Waals surface area contributed by atoms with Gasteiger partial charge < -0.3 is 10.2 Å². The maximum atomic E-state index is 13.5. The van der Waals surface area contributed by atoms with Crippen LogP contribution in [0, 0.1) is 0 Å². The van der Waals surface area contributed by atoms with Gasteiger partial charge in [0.1, 0.15) is 0 Å². The Morgan fingerprint density at radius 1 is 1.06 bits per heavy atom. The van der Waals surface area contributed by atoms with Crippen molar-refractivity contribution in [3.8, 4) is 0 Å². The van der Waals surface area contributed by atoms with Crippen LogP contribution < -0.4 is 5.32 Å². The highest BCUT2D eigenvalue weighted by Gasteiger charge is 2.43. The molecule has 4 nitrogen and oxygen atoms in total. The SMILES string of the molecule is CCC(C(=O)N1CCC(NC(=O)C2(c3cccc(Cl)c3)CCCC2)CC1)c1ccccc1. The van der Waals surface area contributed by atoms with Crippen LogP contribution in [-0.2, 0) is 15.0 Å². The number of rotatable bonds is 6. The summed E-state index contributed by atoms with van der Waals surface area (Å²) in [4.78, 5) is 28.6. The second kappa shape index (κ2) is 10.1. The van der Waals surface area contributed by atoms with E-state index in [0.717, 1.165) is 56.1 Å². The van der Waals surface area contributed by atoms with Crippen molar-refractivity contribution in [3.63, 3.8) is 0 Å². The molecule has 1 unspecified atom stereocenters. The van der Waals surface area contributed by atoms with Crippen LogP contribution in [0.15, 0.2) is 54.6 Å². The van der Waals surface area contributed by atoms with Crippen molar-refractivity contribution in [2.24, 2.45) is 0 Å². The van der Waals surface area contributed by atoms with Crippen LogP contribution in [0.2, 0.25) is 5.02 Å². The third-order valence-corrected chi connectivity index (χ3v) is 7.55. The van der Waals surface area contributed by atoms with Crippen LogP contribution in [0.4, 0.5) is 0 Å². The van der Waals surface area contributed by atoms with Crippen molar-refractivity contribution in [2.75, 3.05) is 13.1 Å². The average Bonchev–Trinajstić information content (AvgIpc) is 3.32. The molecule has 2 amide bonds. The third-order valence-electron chi connectivity index (χ3n) is 7.32. The van der Waals surface area contributed by atoms with Gasteiger partial charge >= 0.3 is 0 Å². The highest BCUT2D eigenvalue weighted by molar-refractivity contribution is 6.30. The summed E-state index contributed by atoms with van der Waals surface area (Å²) >= 11 is 6.24. The number of piperidine rings is 1. The van der Waals surface area contributed by atoms with Crippen LogP contribution in [0.1, 0.15) is 68.9 Å². The van der Waals surface area contributed by atoms with Gasteiger partial charge in [0.15, 0.2) is 0 Å². The molecule has 1 aliphatic heterocycles. The van der Waals surface area contributed by atoms with E-state index in [1.165, 1.54) is 0 Å². The lowest BCUT2D eigenvalue weighted by Gasteiger charge is -2.37. The number of halogens is 1. The number of benzene rings is 2. The van der Waals surface area contributed by atoms with E-state index in [2.05, 4.69) is 12.2 Å². The molecule has 2 aromatic rings. The molecule has 1 saturated carbocycles. The molecule has 5 heteroatoms. The van der Waals surface area contributed by atoms with Crippen molar-refractivity contribution >= 4 is 23.4 Å². The highest BCUT2D eigenvalue weighted by Crippen LogP contribution is 2.42. The minimum atomic E-state index is -0.474. The minimum Gasteiger partial charge on any atom is -0.352 e. The Morgan fingerprint density at radius 2 is 1.75 bits per heavy atom. The number of likely N-dealkylation sites (tertiary alicyclic amines) is 1. The molecule has 0 aromatic heterocycles. The Kier molecular flexibility index (Phi) is 7.20. The average molecular weight is 453 g/mol. The lowest BCUT2D eigenvalue weighted by atomic mass is 9.77. The largest absolute Gasteiger partial charge is 0.352 e. The van der Waals surface area contributed by atoms with Crippen LogP contribution in [0.25, 0.3) is 0 Å². The molecule has 1 heterocycles. The van der Waals surface area contributed by atoms with Crippen molar-refractivity contribution in [2.45, 2.75) is 69.2 Å². The Hall–Kier alpha value is -2.33. The molecule has 1 N–H and O–H groups in total. The predicted molar refractivity (Wildman–Crippen MR) is 129 cm³/mol. The van der Waals surface area contributed by atoms with E-state index in [0.29, 0.717) is 18.1 Å². The monoisotopic (exact) mass is 452 g/mol. The van der Waals surface area contributed by atoms with Gasteiger partial charge in [-0.25, -0.2) is 0 Å². The van der Waals surface area contributed by atoms with Gasteiger partial charge in [-0.2, -0.15) is 0 Å². The first-order chi connectivity index (χ1) is 15.5. The first kappa shape index (κ1) is 22.8. The Bertz CT molecular complexity index is 932. The van der Waals surface area contributed by atoms with Crippen LogP contribution >= 0.6 is 11.6 Å². The molecular formula is C27H33ClN2O2. The number of amides is 2. The normalized spacial score (nSPS) is 19.5. The Morgan fingerprint density at radius 3 is 2.38 bits per heavy atom. The number of hydrogen-bond acceptors (Lipinski definition) is 2. The number of nitrogens with zero attached hydrogens (tertiary/aromatic N) is 1. The van der Waals surface area contributed by atoms with Crippen molar-refractivity contribution in [1.29, 1.82) is 0 Å². The second-order valence-electron chi connectivity index (χ2n) is 9.24. The summed E-state index contributed by atoms with van der Waals surface area (Å²) in [5, 5.41) is 4.01. The molecule has 2 aliphatic rings. The molecule has 32 heavy (non-hydrogen) atoms. The molecular weight excluding hydrogens is 420 g/mol. The number of nitrogens with one attached hydrogen (secondary N) is 1. The smallest absolute Gasteiger partial charge is 0.230 e. The Labute approximate surface area is 196 Å². The van der Waals surface area contributed by atoms with E-state index in [1.807, 2.05) is 59.5 Å². The van der Waals surface area contributed by atoms with E-state index in [-0.39, 0.29) is 23.8 Å². The zero-order valence-electron chi connectivity index (χ0n) is 18.9. The predicted octanol–water partition coefficient (Wildman–Crippen LogP) is 5.45. The van der Waals surface area contributed by atoms with Crippen molar-refractivity contribution in [1.82, 2.24) is 10.2 Å². The first-order valence-electron chi connectivity index (χ1n) is 11.9. The fraction of sp³-hybridized carbons (Fsp3) is 0.481. The van der Waals surface area contributed by atoms with Crippen molar-refractivity contribution < 1.29 is 9.59 Å². The minimum absolute atomic E-state index is 0.0908. The fourth-order valence-corrected chi connectivity index (χ4v) is 5.63. The summed E-state index contributed by atoms with van der Waals surface area (Å²) < 4.78 is 0. The standard InChI is InChI=1S/C27H33ClN2O2/c1-2-24(20-9-4-3-5-10-20)25(31)30-17-13-23(14-18-30)29-26(32)27(15-6-7-16-27)21-11-8-12-22(28)19-21/h3-5,8-12,19,23-24H,2,6-7,13-18H2,1H3,(H,29,32). The third kappa shape index (κ3) is 4.71. The molecule has 0 radical (unpaired) electrons. The molecule has 0 bridgehead atoms. The zero-order chi connectivity index (χ0) is 22.6. The molecule has 0 spiro atoms. The van der Waals surface area contributed by atoms with E-state index >= 15 is 0 Å². The number of carbonyl (C=O) groups is 2. The van der Waals surface area contributed by atoms with E-state index in [9.17, 15) is 9.59 Å². The molecule has 2 aromatic carbocycles. The number of carbonyl (C=O) groups excluding carboxylic acids is 2. The highest BCUT2D eigenvalue weighted by atomic mass is 35.5. The number of hydrogen-bond donors (Lipinski definition) is 1. The maximum absolute atomic E-state index is 13.5. The molecule has 170 valence electrons. The summed E-state index contributed by atoms with van der Waals surface area (Å²) in [6.07, 6.45) is 6.25. The topological polar surface area (TPSA) is 49.4 Å². The summed E-state index contributed by atoms with van der Waals surface area (Å²) in [6, 6.07) is 17.9. The summed E-state index contributed by atoms with van der Waals surface area (Å²) in [6.45, 7) is 3.45. The van der Waals surface area contributed by atoms with Crippen LogP contribution in [0.3, 0.4) is 0 Å². The molecule has 1 aliphatic carbocycles. The zero-order valence-corrected chi connectivity index (χ0v) is 19.6. The van der Waals surface area contributed by atoms with Gasteiger partial charge in [0.25, 0.3) is 0 Å². The summed E-state index contributed by atoms with van der Waals surface area (Å²) in [5.41, 5.74) is 1.64. The summed E-state index contributed by atoms with van der Waals surface area (Å²) in [7, 11) is 0. The quantitative estimate of drug-likeness (QED) is 0.633. The van der Waals surface area contributed by atoms with Crippen LogP contribution in [-0.4, -0.2) is 35.8 Å². The van der Waals surface area contributed by atoms with Gasteiger partial charge in [0, 0.05) is 24.2 Å². The van der Waals surface area contributed by atoms with Crippen LogP contribution in [0.5, 0.6) is 0 Å². The van der Waals surface area contributed by atoms with Gasteiger partial charge in [-0.15, -0.1) is 0 Å². The lowest BCUT2D eigenvalue weighted by molar-refractivity contribution is -0.134. The Balaban J connectivity index is 1.38. The summed E-state index contributed by atoms with van der Waals surface area (Å²) in [5.74, 6) is 0.236. The van der Waals surface area contributed by atoms with Gasteiger partial charge in [-0.1, -0.05) is 73.8 Å². The van der Waals surface area contributed by atoms with E-state index < -0.39 is 5.41 Å². The fourth-order valence-electron chi connectivity index (χ4n) is 5.44. The molecule has 2 fully saturated rings. The van der Waals surface area contributed by atoms with E-state index in [1.54, 1.807) is 0 Å².